The Balaban J connectivity index is 1.69. The van der Waals surface area contributed by atoms with Gasteiger partial charge in [-0.25, -0.2) is 9.97 Å². The molecule has 6 heteroatoms. The molecule has 1 fully saturated rings. The third-order valence-corrected chi connectivity index (χ3v) is 4.06. The number of ether oxygens (including phenoxy) is 1. The van der Waals surface area contributed by atoms with E-state index in [-0.39, 0.29) is 5.91 Å². The number of oxazole rings is 1. The maximum atomic E-state index is 12.0. The van der Waals surface area contributed by atoms with Gasteiger partial charge in [0.15, 0.2) is 11.7 Å². The zero-order valence-corrected chi connectivity index (χ0v) is 14.3. The molecule has 0 aromatic carbocycles. The Hall–Kier alpha value is -2.21. The van der Waals surface area contributed by atoms with Crippen molar-refractivity contribution in [2.45, 2.75) is 39.5 Å². The minimum Gasteiger partial charge on any atom is -0.440 e. The molecule has 0 atom stereocenters. The molecular formula is C18H23N3O3. The number of carbonyl (C=O) groups is 1. The number of aromatic nitrogens is 2. The Bertz CT molecular complexity index is 695. The van der Waals surface area contributed by atoms with Crippen LogP contribution in [0.5, 0.6) is 0 Å². The molecule has 1 saturated heterocycles. The van der Waals surface area contributed by atoms with Crippen molar-refractivity contribution in [1.82, 2.24) is 9.97 Å². The van der Waals surface area contributed by atoms with Gasteiger partial charge in [-0.15, -0.1) is 0 Å². The lowest BCUT2D eigenvalue weighted by Gasteiger charge is -2.18. The zero-order valence-electron chi connectivity index (χ0n) is 14.3. The summed E-state index contributed by atoms with van der Waals surface area (Å²) in [4.78, 5) is 20.7. The van der Waals surface area contributed by atoms with Gasteiger partial charge >= 0.3 is 0 Å². The van der Waals surface area contributed by atoms with Gasteiger partial charge in [-0.3, -0.25) is 4.79 Å². The van der Waals surface area contributed by atoms with E-state index in [1.807, 2.05) is 26.8 Å². The van der Waals surface area contributed by atoms with E-state index < -0.39 is 5.41 Å². The number of anilines is 1. The van der Waals surface area contributed by atoms with Crippen LogP contribution in [0.3, 0.4) is 0 Å². The number of carbonyl (C=O) groups excluding carboxylic acids is 1. The largest absolute Gasteiger partial charge is 0.440 e. The van der Waals surface area contributed by atoms with E-state index in [1.165, 1.54) is 0 Å². The maximum absolute atomic E-state index is 12.0. The third-order valence-electron chi connectivity index (χ3n) is 4.06. The van der Waals surface area contributed by atoms with Gasteiger partial charge in [-0.2, -0.15) is 0 Å². The summed E-state index contributed by atoms with van der Waals surface area (Å²) in [6, 6.07) is 3.65. The van der Waals surface area contributed by atoms with Crippen LogP contribution in [0, 0.1) is 5.41 Å². The van der Waals surface area contributed by atoms with E-state index in [4.69, 9.17) is 9.15 Å². The van der Waals surface area contributed by atoms with Gasteiger partial charge in [0.1, 0.15) is 5.82 Å². The first-order valence-electron chi connectivity index (χ1n) is 8.25. The first-order chi connectivity index (χ1) is 11.4. The molecule has 6 nitrogen and oxygen atoms in total. The molecule has 1 N–H and O–H groups in total. The minimum absolute atomic E-state index is 0.0655. The average molecular weight is 329 g/mol. The molecule has 0 bridgehead atoms. The summed E-state index contributed by atoms with van der Waals surface area (Å²) < 4.78 is 11.3. The van der Waals surface area contributed by atoms with Crippen LogP contribution in [0.1, 0.15) is 45.4 Å². The fourth-order valence-corrected chi connectivity index (χ4v) is 2.47. The molecule has 0 saturated carbocycles. The maximum Gasteiger partial charge on any atom is 0.230 e. The summed E-state index contributed by atoms with van der Waals surface area (Å²) in [5.41, 5.74) is 0.388. The van der Waals surface area contributed by atoms with Crippen LogP contribution in [0.15, 0.2) is 28.9 Å². The SMILES string of the molecule is CC(C)(C)C(=O)Nc1ccc(-c2cnc(C3CCOCC3)o2)cn1. The minimum atomic E-state index is -0.454. The molecule has 1 amide bonds. The van der Waals surface area contributed by atoms with Crippen molar-refractivity contribution in [2.75, 3.05) is 18.5 Å². The quantitative estimate of drug-likeness (QED) is 0.930. The predicted molar refractivity (Wildman–Crippen MR) is 90.6 cm³/mol. The fraction of sp³-hybridized carbons (Fsp3) is 0.500. The van der Waals surface area contributed by atoms with Crippen LogP contribution in [-0.2, 0) is 9.53 Å². The molecule has 2 aromatic rings. The summed E-state index contributed by atoms with van der Waals surface area (Å²) in [5.74, 6) is 2.24. The van der Waals surface area contributed by atoms with E-state index in [0.29, 0.717) is 17.5 Å². The zero-order chi connectivity index (χ0) is 17.2. The van der Waals surface area contributed by atoms with Crippen LogP contribution in [-0.4, -0.2) is 29.1 Å². The first kappa shape index (κ1) is 16.6. The second-order valence-corrected chi connectivity index (χ2v) is 7.09. The van der Waals surface area contributed by atoms with Crippen molar-refractivity contribution in [3.05, 3.63) is 30.4 Å². The highest BCUT2D eigenvalue weighted by atomic mass is 16.5. The monoisotopic (exact) mass is 329 g/mol. The summed E-state index contributed by atoms with van der Waals surface area (Å²) in [7, 11) is 0. The molecule has 1 aliphatic rings. The Morgan fingerprint density at radius 2 is 1.92 bits per heavy atom. The number of nitrogens with zero attached hydrogens (tertiary/aromatic N) is 2. The topological polar surface area (TPSA) is 77.2 Å². The molecule has 24 heavy (non-hydrogen) atoms. The molecule has 128 valence electrons. The summed E-state index contributed by atoms with van der Waals surface area (Å²) in [6.07, 6.45) is 5.30. The lowest BCUT2D eigenvalue weighted by atomic mass is 9.96. The fourth-order valence-electron chi connectivity index (χ4n) is 2.47. The van der Waals surface area contributed by atoms with Crippen molar-refractivity contribution in [3.63, 3.8) is 0 Å². The van der Waals surface area contributed by atoms with Crippen molar-refractivity contribution < 1.29 is 13.9 Å². The standard InChI is InChI=1S/C18H23N3O3/c1-18(2,3)17(22)21-15-5-4-13(10-19-15)14-11-20-16(24-14)12-6-8-23-9-7-12/h4-5,10-12H,6-9H2,1-3H3,(H,19,21,22). The van der Waals surface area contributed by atoms with Gasteiger partial charge in [0, 0.05) is 36.3 Å². The van der Waals surface area contributed by atoms with E-state index >= 15 is 0 Å². The Labute approximate surface area is 141 Å². The highest BCUT2D eigenvalue weighted by molar-refractivity contribution is 5.93. The van der Waals surface area contributed by atoms with E-state index in [2.05, 4.69) is 15.3 Å². The molecule has 3 rings (SSSR count). The van der Waals surface area contributed by atoms with Crippen molar-refractivity contribution >= 4 is 11.7 Å². The molecule has 0 spiro atoms. The van der Waals surface area contributed by atoms with E-state index in [9.17, 15) is 4.79 Å². The Morgan fingerprint density at radius 3 is 2.54 bits per heavy atom. The highest BCUT2D eigenvalue weighted by Crippen LogP contribution is 2.29. The van der Waals surface area contributed by atoms with Crippen LogP contribution >= 0.6 is 0 Å². The number of pyridine rings is 1. The van der Waals surface area contributed by atoms with Crippen LogP contribution < -0.4 is 5.32 Å². The first-order valence-corrected chi connectivity index (χ1v) is 8.25. The highest BCUT2D eigenvalue weighted by Gasteiger charge is 2.22. The van der Waals surface area contributed by atoms with Crippen LogP contribution in [0.2, 0.25) is 0 Å². The van der Waals surface area contributed by atoms with Gasteiger partial charge in [-0.05, 0) is 25.0 Å². The van der Waals surface area contributed by atoms with Gasteiger partial charge in [0.05, 0.1) is 6.20 Å². The van der Waals surface area contributed by atoms with E-state index in [0.717, 1.165) is 37.5 Å². The summed E-state index contributed by atoms with van der Waals surface area (Å²) in [6.45, 7) is 7.10. The number of rotatable bonds is 3. The van der Waals surface area contributed by atoms with Gasteiger partial charge in [0.2, 0.25) is 5.91 Å². The van der Waals surface area contributed by atoms with Gasteiger partial charge in [0.25, 0.3) is 0 Å². The van der Waals surface area contributed by atoms with Crippen LogP contribution in [0.4, 0.5) is 5.82 Å². The number of hydrogen-bond acceptors (Lipinski definition) is 5. The smallest absolute Gasteiger partial charge is 0.230 e. The molecule has 3 heterocycles. The predicted octanol–water partition coefficient (Wildman–Crippen LogP) is 3.62. The van der Waals surface area contributed by atoms with Crippen molar-refractivity contribution in [1.29, 1.82) is 0 Å². The molecular weight excluding hydrogens is 306 g/mol. The van der Waals surface area contributed by atoms with Crippen molar-refractivity contribution in [3.8, 4) is 11.3 Å². The van der Waals surface area contributed by atoms with Gasteiger partial charge in [-0.1, -0.05) is 20.8 Å². The molecule has 0 radical (unpaired) electrons. The van der Waals surface area contributed by atoms with Gasteiger partial charge < -0.3 is 14.5 Å². The Kier molecular flexibility index (Phi) is 4.66. The van der Waals surface area contributed by atoms with Crippen molar-refractivity contribution in [2.24, 2.45) is 5.41 Å². The summed E-state index contributed by atoms with van der Waals surface area (Å²) >= 11 is 0. The summed E-state index contributed by atoms with van der Waals surface area (Å²) in [5, 5.41) is 2.81. The Morgan fingerprint density at radius 1 is 1.17 bits per heavy atom. The van der Waals surface area contributed by atoms with E-state index in [1.54, 1.807) is 18.5 Å². The third kappa shape index (κ3) is 3.82. The second-order valence-electron chi connectivity index (χ2n) is 7.09. The normalized spacial score (nSPS) is 16.1. The second kappa shape index (κ2) is 6.73. The number of amides is 1. The lowest BCUT2D eigenvalue weighted by Crippen LogP contribution is -2.27. The number of hydrogen-bond donors (Lipinski definition) is 1. The van der Waals surface area contributed by atoms with Crippen LogP contribution in [0.25, 0.3) is 11.3 Å². The molecule has 2 aromatic heterocycles. The lowest BCUT2D eigenvalue weighted by molar-refractivity contribution is -0.123. The molecule has 0 unspecified atom stereocenters. The number of nitrogens with one attached hydrogen (secondary N) is 1. The molecule has 0 aliphatic carbocycles. The molecule has 1 aliphatic heterocycles. The average Bonchev–Trinajstić information content (AvgIpc) is 3.05.